The molecule has 1 fully saturated rings. The Kier molecular flexibility index (Phi) is 4.95. The van der Waals surface area contributed by atoms with E-state index in [1.54, 1.807) is 0 Å². The van der Waals surface area contributed by atoms with Crippen molar-refractivity contribution < 1.29 is 4.74 Å². The summed E-state index contributed by atoms with van der Waals surface area (Å²) in [6, 6.07) is 16.5. The van der Waals surface area contributed by atoms with Crippen molar-refractivity contribution in [2.24, 2.45) is 0 Å². The Labute approximate surface area is 144 Å². The topological polar surface area (TPSA) is 33.3 Å². The van der Waals surface area contributed by atoms with E-state index in [4.69, 9.17) is 17.0 Å². The monoisotopic (exact) mass is 376 g/mol. The zero-order valence-electron chi connectivity index (χ0n) is 12.0. The molecule has 1 saturated carbocycles. The number of nitrogens with one attached hydrogen (secondary N) is 2. The molecule has 0 atom stereocenters. The summed E-state index contributed by atoms with van der Waals surface area (Å²) in [7, 11) is 0. The molecule has 0 bridgehead atoms. The fraction of sp³-hybridized carbons (Fsp3) is 0.235. The summed E-state index contributed by atoms with van der Waals surface area (Å²) in [4.78, 5) is 0. The molecule has 0 saturated heterocycles. The van der Waals surface area contributed by atoms with E-state index in [1.807, 2.05) is 48.5 Å². The van der Waals surface area contributed by atoms with Gasteiger partial charge in [0.2, 0.25) is 0 Å². The highest BCUT2D eigenvalue weighted by Gasteiger charge is 2.21. The first kappa shape index (κ1) is 15.3. The Morgan fingerprint density at radius 1 is 1.09 bits per heavy atom. The highest BCUT2D eigenvalue weighted by atomic mass is 79.9. The maximum absolute atomic E-state index is 5.75. The van der Waals surface area contributed by atoms with Crippen LogP contribution in [-0.4, -0.2) is 11.2 Å². The largest absolute Gasteiger partial charge is 0.489 e. The second-order valence-corrected chi connectivity index (χ2v) is 6.64. The minimum Gasteiger partial charge on any atom is -0.489 e. The number of hydrogen-bond donors (Lipinski definition) is 2. The SMILES string of the molecule is S=C(Nc1ccc(COc2ccc(Br)cc2)cc1)NC1CC1. The van der Waals surface area contributed by atoms with Crippen LogP contribution in [0.1, 0.15) is 18.4 Å². The standard InChI is InChI=1S/C17H17BrN2OS/c18-13-3-9-16(10-4-13)21-11-12-1-5-14(6-2-12)19-17(22)20-15-7-8-15/h1-6,9-10,15H,7-8,11H2,(H2,19,20,22). The lowest BCUT2D eigenvalue weighted by molar-refractivity contribution is 0.306. The van der Waals surface area contributed by atoms with Crippen LogP contribution in [0.5, 0.6) is 5.75 Å². The molecule has 0 aliphatic heterocycles. The highest BCUT2D eigenvalue weighted by molar-refractivity contribution is 9.10. The van der Waals surface area contributed by atoms with Gasteiger partial charge in [-0.15, -0.1) is 0 Å². The summed E-state index contributed by atoms with van der Waals surface area (Å²) in [5, 5.41) is 7.15. The lowest BCUT2D eigenvalue weighted by Gasteiger charge is -2.10. The van der Waals surface area contributed by atoms with Gasteiger partial charge < -0.3 is 15.4 Å². The van der Waals surface area contributed by atoms with E-state index in [9.17, 15) is 0 Å². The van der Waals surface area contributed by atoms with Crippen molar-refractivity contribution >= 4 is 38.9 Å². The molecule has 3 rings (SSSR count). The number of rotatable bonds is 5. The normalized spacial score (nSPS) is 13.5. The molecular formula is C17H17BrN2OS. The highest BCUT2D eigenvalue weighted by Crippen LogP contribution is 2.20. The predicted octanol–water partition coefficient (Wildman–Crippen LogP) is 4.48. The number of halogens is 1. The smallest absolute Gasteiger partial charge is 0.170 e. The van der Waals surface area contributed by atoms with Gasteiger partial charge in [0, 0.05) is 16.2 Å². The minimum atomic E-state index is 0.548. The van der Waals surface area contributed by atoms with Crippen LogP contribution >= 0.6 is 28.1 Å². The zero-order chi connectivity index (χ0) is 15.4. The second kappa shape index (κ2) is 7.11. The number of benzene rings is 2. The van der Waals surface area contributed by atoms with Gasteiger partial charge in [0.05, 0.1) is 0 Å². The molecule has 1 aliphatic rings. The van der Waals surface area contributed by atoms with Crippen LogP contribution in [-0.2, 0) is 6.61 Å². The molecule has 2 aromatic carbocycles. The zero-order valence-corrected chi connectivity index (χ0v) is 14.4. The van der Waals surface area contributed by atoms with Gasteiger partial charge >= 0.3 is 0 Å². The Bertz CT molecular complexity index is 639. The van der Waals surface area contributed by atoms with Crippen LogP contribution < -0.4 is 15.4 Å². The van der Waals surface area contributed by atoms with Crippen molar-refractivity contribution in [3.8, 4) is 5.75 Å². The van der Waals surface area contributed by atoms with Gasteiger partial charge in [0.15, 0.2) is 5.11 Å². The molecule has 2 N–H and O–H groups in total. The van der Waals surface area contributed by atoms with Crippen LogP contribution in [0.4, 0.5) is 5.69 Å². The van der Waals surface area contributed by atoms with Crippen molar-refractivity contribution in [3.05, 3.63) is 58.6 Å². The Balaban J connectivity index is 1.50. The van der Waals surface area contributed by atoms with Crippen molar-refractivity contribution in [1.82, 2.24) is 5.32 Å². The summed E-state index contributed by atoms with van der Waals surface area (Å²) >= 11 is 8.67. The summed E-state index contributed by atoms with van der Waals surface area (Å²) in [5.74, 6) is 0.861. The fourth-order valence-corrected chi connectivity index (χ4v) is 2.51. The summed E-state index contributed by atoms with van der Waals surface area (Å²) < 4.78 is 6.80. The molecule has 1 aliphatic carbocycles. The lowest BCUT2D eigenvalue weighted by atomic mass is 10.2. The van der Waals surface area contributed by atoms with Gasteiger partial charge in [-0.2, -0.15) is 0 Å². The quantitative estimate of drug-likeness (QED) is 0.753. The van der Waals surface area contributed by atoms with Crippen molar-refractivity contribution in [2.45, 2.75) is 25.5 Å². The third-order valence-corrected chi connectivity index (χ3v) is 4.09. The van der Waals surface area contributed by atoms with Crippen LogP contribution in [0.15, 0.2) is 53.0 Å². The molecule has 0 unspecified atom stereocenters. The lowest BCUT2D eigenvalue weighted by Crippen LogP contribution is -2.30. The molecule has 0 amide bonds. The number of anilines is 1. The second-order valence-electron chi connectivity index (χ2n) is 5.31. The molecule has 22 heavy (non-hydrogen) atoms. The summed E-state index contributed by atoms with van der Waals surface area (Å²) in [6.45, 7) is 0.548. The Morgan fingerprint density at radius 3 is 2.41 bits per heavy atom. The molecule has 0 spiro atoms. The number of ether oxygens (including phenoxy) is 1. The average Bonchev–Trinajstić information content (AvgIpc) is 3.32. The molecule has 0 heterocycles. The molecule has 0 aromatic heterocycles. The maximum Gasteiger partial charge on any atom is 0.170 e. The van der Waals surface area contributed by atoms with E-state index >= 15 is 0 Å². The molecule has 2 aromatic rings. The fourth-order valence-electron chi connectivity index (χ4n) is 1.96. The molecule has 114 valence electrons. The average molecular weight is 377 g/mol. The van der Waals surface area contributed by atoms with Crippen LogP contribution in [0, 0.1) is 0 Å². The first-order chi connectivity index (χ1) is 10.7. The van der Waals surface area contributed by atoms with E-state index in [0.717, 1.165) is 21.5 Å². The number of thiocarbonyl (C=S) groups is 1. The van der Waals surface area contributed by atoms with Gasteiger partial charge in [-0.1, -0.05) is 28.1 Å². The van der Waals surface area contributed by atoms with Crippen LogP contribution in [0.25, 0.3) is 0 Å². The molecule has 5 heteroatoms. The van der Waals surface area contributed by atoms with E-state index in [1.165, 1.54) is 12.8 Å². The molecule has 0 radical (unpaired) electrons. The van der Waals surface area contributed by atoms with Gasteiger partial charge in [-0.05, 0) is 67.0 Å². The van der Waals surface area contributed by atoms with Crippen molar-refractivity contribution in [1.29, 1.82) is 0 Å². The summed E-state index contributed by atoms with van der Waals surface area (Å²) in [5.41, 5.74) is 2.11. The third-order valence-electron chi connectivity index (χ3n) is 3.34. The van der Waals surface area contributed by atoms with E-state index in [-0.39, 0.29) is 0 Å². The Hall–Kier alpha value is -1.59. The maximum atomic E-state index is 5.75. The van der Waals surface area contributed by atoms with Gasteiger partial charge in [0.25, 0.3) is 0 Å². The van der Waals surface area contributed by atoms with Crippen molar-refractivity contribution in [2.75, 3.05) is 5.32 Å². The van der Waals surface area contributed by atoms with E-state index in [2.05, 4.69) is 26.6 Å². The molecule has 3 nitrogen and oxygen atoms in total. The minimum absolute atomic E-state index is 0.548. The molecular weight excluding hydrogens is 360 g/mol. The first-order valence-electron chi connectivity index (χ1n) is 7.24. The van der Waals surface area contributed by atoms with Gasteiger partial charge in [-0.3, -0.25) is 0 Å². The summed E-state index contributed by atoms with van der Waals surface area (Å²) in [6.07, 6.45) is 2.43. The van der Waals surface area contributed by atoms with Crippen LogP contribution in [0.3, 0.4) is 0 Å². The van der Waals surface area contributed by atoms with Gasteiger partial charge in [0.1, 0.15) is 12.4 Å². The predicted molar refractivity (Wildman–Crippen MR) is 97.3 cm³/mol. The van der Waals surface area contributed by atoms with Crippen LogP contribution in [0.2, 0.25) is 0 Å². The third kappa shape index (κ3) is 4.71. The van der Waals surface area contributed by atoms with E-state index < -0.39 is 0 Å². The van der Waals surface area contributed by atoms with Gasteiger partial charge in [-0.25, -0.2) is 0 Å². The van der Waals surface area contributed by atoms with E-state index in [0.29, 0.717) is 17.8 Å². The first-order valence-corrected chi connectivity index (χ1v) is 8.44. The Morgan fingerprint density at radius 2 is 1.77 bits per heavy atom. The van der Waals surface area contributed by atoms with Crippen molar-refractivity contribution in [3.63, 3.8) is 0 Å². The number of hydrogen-bond acceptors (Lipinski definition) is 2.